The monoisotopic (exact) mass is 224 g/mol. The molecular formula is C13H24N2O. The molecule has 0 N–H and O–H groups in total. The predicted molar refractivity (Wildman–Crippen MR) is 65.2 cm³/mol. The number of piperidine rings is 2. The van der Waals surface area contributed by atoms with Crippen LogP contribution in [0.1, 0.15) is 34.1 Å². The van der Waals surface area contributed by atoms with Crippen LogP contribution in [0.4, 0.5) is 0 Å². The van der Waals surface area contributed by atoms with Gasteiger partial charge in [0.2, 0.25) is 5.91 Å². The minimum Gasteiger partial charge on any atom is -0.342 e. The van der Waals surface area contributed by atoms with E-state index in [0.29, 0.717) is 17.9 Å². The molecule has 2 heterocycles. The fourth-order valence-electron chi connectivity index (χ4n) is 3.25. The number of carbonyl (C=O) groups excluding carboxylic acids is 1. The zero-order chi connectivity index (χ0) is 12.1. The van der Waals surface area contributed by atoms with E-state index in [4.69, 9.17) is 0 Å². The standard InChI is InChI=1S/C13H24N2O/c1-9(16)14(5)12-10-6-11(12)8-15(7-10)13(2,3)4/h10-12H,6-8H2,1-5H3. The number of fused-ring (bicyclic) bond motifs is 2. The molecule has 3 aliphatic rings. The molecule has 3 rings (SSSR count). The molecule has 0 aromatic rings. The van der Waals surface area contributed by atoms with Crippen molar-refractivity contribution in [1.82, 2.24) is 9.80 Å². The Morgan fingerprint density at radius 1 is 1.25 bits per heavy atom. The molecule has 3 heteroatoms. The van der Waals surface area contributed by atoms with Crippen molar-refractivity contribution >= 4 is 5.91 Å². The van der Waals surface area contributed by atoms with Crippen molar-refractivity contribution in [3.63, 3.8) is 0 Å². The van der Waals surface area contributed by atoms with Gasteiger partial charge in [0.1, 0.15) is 0 Å². The van der Waals surface area contributed by atoms with Crippen LogP contribution in [0.2, 0.25) is 0 Å². The van der Waals surface area contributed by atoms with Gasteiger partial charge in [-0.1, -0.05) is 0 Å². The summed E-state index contributed by atoms with van der Waals surface area (Å²) in [6, 6.07) is 0.510. The molecule has 92 valence electrons. The van der Waals surface area contributed by atoms with E-state index < -0.39 is 0 Å². The fraction of sp³-hybridized carbons (Fsp3) is 0.923. The molecule has 2 bridgehead atoms. The van der Waals surface area contributed by atoms with Gasteiger partial charge in [-0.3, -0.25) is 9.69 Å². The van der Waals surface area contributed by atoms with Gasteiger partial charge in [0.15, 0.2) is 0 Å². The van der Waals surface area contributed by atoms with Gasteiger partial charge in [0.25, 0.3) is 0 Å². The Balaban J connectivity index is 2.00. The topological polar surface area (TPSA) is 23.6 Å². The first kappa shape index (κ1) is 11.9. The summed E-state index contributed by atoms with van der Waals surface area (Å²) in [4.78, 5) is 15.9. The van der Waals surface area contributed by atoms with Crippen LogP contribution >= 0.6 is 0 Å². The second kappa shape index (κ2) is 3.73. The number of nitrogens with zero attached hydrogens (tertiary/aromatic N) is 2. The average molecular weight is 224 g/mol. The largest absolute Gasteiger partial charge is 0.342 e. The lowest BCUT2D eigenvalue weighted by Crippen LogP contribution is -2.66. The van der Waals surface area contributed by atoms with Crippen molar-refractivity contribution in [1.29, 1.82) is 0 Å². The van der Waals surface area contributed by atoms with Crippen molar-refractivity contribution in [2.24, 2.45) is 11.8 Å². The molecule has 0 radical (unpaired) electrons. The second-order valence-electron chi connectivity index (χ2n) is 6.45. The highest BCUT2D eigenvalue weighted by Crippen LogP contribution is 2.44. The molecule has 1 amide bonds. The summed E-state index contributed by atoms with van der Waals surface area (Å²) < 4.78 is 0. The van der Waals surface area contributed by atoms with E-state index in [9.17, 15) is 4.79 Å². The quantitative estimate of drug-likeness (QED) is 0.675. The number of amides is 1. The molecule has 3 nitrogen and oxygen atoms in total. The highest BCUT2D eigenvalue weighted by atomic mass is 16.2. The Labute approximate surface area is 98.8 Å². The normalized spacial score (nSPS) is 34.4. The highest BCUT2D eigenvalue weighted by molar-refractivity contribution is 5.73. The van der Waals surface area contributed by atoms with Gasteiger partial charge in [0.05, 0.1) is 0 Å². The molecular weight excluding hydrogens is 200 g/mol. The third-order valence-electron chi connectivity index (χ3n) is 4.37. The van der Waals surface area contributed by atoms with E-state index in [0.717, 1.165) is 13.1 Å². The van der Waals surface area contributed by atoms with Crippen LogP contribution < -0.4 is 0 Å². The fourth-order valence-corrected chi connectivity index (χ4v) is 3.25. The van der Waals surface area contributed by atoms with E-state index in [1.165, 1.54) is 6.42 Å². The van der Waals surface area contributed by atoms with Gasteiger partial charge in [0, 0.05) is 38.6 Å². The summed E-state index contributed by atoms with van der Waals surface area (Å²) in [5.74, 6) is 1.61. The van der Waals surface area contributed by atoms with Crippen LogP contribution in [0, 0.1) is 11.8 Å². The third kappa shape index (κ3) is 1.86. The Kier molecular flexibility index (Phi) is 2.77. The number of carbonyl (C=O) groups is 1. The minimum absolute atomic E-state index is 0.212. The van der Waals surface area contributed by atoms with Gasteiger partial charge >= 0.3 is 0 Å². The van der Waals surface area contributed by atoms with Gasteiger partial charge in [-0.05, 0) is 39.0 Å². The first-order chi connectivity index (χ1) is 7.30. The summed E-state index contributed by atoms with van der Waals surface area (Å²) in [5.41, 5.74) is 0.274. The van der Waals surface area contributed by atoms with E-state index >= 15 is 0 Å². The van der Waals surface area contributed by atoms with E-state index in [1.54, 1.807) is 6.92 Å². The van der Waals surface area contributed by atoms with Crippen LogP contribution in [-0.4, -0.2) is 47.4 Å². The van der Waals surface area contributed by atoms with E-state index in [2.05, 4.69) is 25.7 Å². The first-order valence-corrected chi connectivity index (χ1v) is 6.29. The van der Waals surface area contributed by atoms with Gasteiger partial charge in [-0.15, -0.1) is 0 Å². The van der Waals surface area contributed by atoms with Gasteiger partial charge in [-0.2, -0.15) is 0 Å². The van der Waals surface area contributed by atoms with Crippen LogP contribution in [0.15, 0.2) is 0 Å². The molecule has 1 aliphatic carbocycles. The zero-order valence-electron chi connectivity index (χ0n) is 11.2. The molecule has 0 aromatic carbocycles. The molecule has 16 heavy (non-hydrogen) atoms. The van der Waals surface area contributed by atoms with Gasteiger partial charge < -0.3 is 4.90 Å². The van der Waals surface area contributed by atoms with Gasteiger partial charge in [-0.25, -0.2) is 0 Å². The molecule has 2 saturated heterocycles. The summed E-state index contributed by atoms with van der Waals surface area (Å²) in [6.07, 6.45) is 1.31. The third-order valence-corrected chi connectivity index (χ3v) is 4.37. The lowest BCUT2D eigenvalue weighted by molar-refractivity contribution is -0.144. The maximum Gasteiger partial charge on any atom is 0.219 e. The molecule has 2 aliphatic heterocycles. The van der Waals surface area contributed by atoms with Crippen molar-refractivity contribution in [2.75, 3.05) is 20.1 Å². The number of hydrogen-bond donors (Lipinski definition) is 0. The minimum atomic E-state index is 0.212. The van der Waals surface area contributed by atoms with E-state index in [-0.39, 0.29) is 11.4 Å². The Morgan fingerprint density at radius 3 is 2.12 bits per heavy atom. The maximum atomic E-state index is 11.4. The Bertz CT molecular complexity index is 283. The lowest BCUT2D eigenvalue weighted by atomic mass is 9.64. The smallest absolute Gasteiger partial charge is 0.219 e. The van der Waals surface area contributed by atoms with Crippen LogP contribution in [-0.2, 0) is 4.79 Å². The first-order valence-electron chi connectivity index (χ1n) is 6.29. The zero-order valence-corrected chi connectivity index (χ0v) is 11.2. The predicted octanol–water partition coefficient (Wildman–Crippen LogP) is 1.58. The lowest BCUT2D eigenvalue weighted by Gasteiger charge is -2.59. The summed E-state index contributed by atoms with van der Waals surface area (Å²) in [6.45, 7) is 10.8. The van der Waals surface area contributed by atoms with Crippen molar-refractivity contribution in [2.45, 2.75) is 45.7 Å². The molecule has 0 aromatic heterocycles. The van der Waals surface area contributed by atoms with Crippen molar-refractivity contribution < 1.29 is 4.79 Å². The maximum absolute atomic E-state index is 11.4. The molecule has 2 atom stereocenters. The Morgan fingerprint density at radius 2 is 1.75 bits per heavy atom. The molecule has 1 saturated carbocycles. The van der Waals surface area contributed by atoms with Crippen molar-refractivity contribution in [3.05, 3.63) is 0 Å². The summed E-state index contributed by atoms with van der Waals surface area (Å²) in [7, 11) is 1.96. The van der Waals surface area contributed by atoms with Crippen molar-refractivity contribution in [3.8, 4) is 0 Å². The van der Waals surface area contributed by atoms with Crippen LogP contribution in [0.25, 0.3) is 0 Å². The summed E-state index contributed by atoms with van der Waals surface area (Å²) in [5, 5.41) is 0. The van der Waals surface area contributed by atoms with E-state index in [1.807, 2.05) is 11.9 Å². The SMILES string of the molecule is CC(=O)N(C)C1C2CC1CN(C(C)(C)C)C2. The molecule has 3 fully saturated rings. The number of rotatable bonds is 1. The molecule has 0 spiro atoms. The number of hydrogen-bond acceptors (Lipinski definition) is 2. The summed E-state index contributed by atoms with van der Waals surface area (Å²) >= 11 is 0. The second-order valence-corrected chi connectivity index (χ2v) is 6.45. The van der Waals surface area contributed by atoms with Crippen LogP contribution in [0.3, 0.4) is 0 Å². The molecule has 2 unspecified atom stereocenters. The van der Waals surface area contributed by atoms with Crippen LogP contribution in [0.5, 0.6) is 0 Å². The Hall–Kier alpha value is -0.570. The average Bonchev–Trinajstić information content (AvgIpc) is 2.16. The highest BCUT2D eigenvalue weighted by Gasteiger charge is 2.50.